The van der Waals surface area contributed by atoms with Crippen LogP contribution in [0.25, 0.3) is 0 Å². The van der Waals surface area contributed by atoms with Gasteiger partial charge in [0.2, 0.25) is 5.91 Å². The predicted octanol–water partition coefficient (Wildman–Crippen LogP) is 19.7. The van der Waals surface area contributed by atoms with Crippen molar-refractivity contribution in [3.8, 4) is 0 Å². The van der Waals surface area contributed by atoms with Crippen LogP contribution in [0.2, 0.25) is 0 Å². The minimum absolute atomic E-state index is 0.0528. The van der Waals surface area contributed by atoms with E-state index in [0.29, 0.717) is 17.4 Å². The Hall–Kier alpha value is -1.80. The van der Waals surface area contributed by atoms with Gasteiger partial charge >= 0.3 is 7.82 Å². The number of allylic oxidation sites excluding steroid dienone is 9. The van der Waals surface area contributed by atoms with Crippen LogP contribution in [0.15, 0.2) is 60.8 Å². The fraction of sp³-hybridized carbons (Fsp3) is 0.831. The molecule has 0 saturated carbocycles. The number of aliphatic hydroxyl groups excluding tert-OH is 1. The van der Waals surface area contributed by atoms with Gasteiger partial charge in [0.25, 0.3) is 0 Å². The van der Waals surface area contributed by atoms with E-state index in [1.54, 1.807) is 6.08 Å². The molecule has 3 unspecified atom stereocenters. The van der Waals surface area contributed by atoms with Gasteiger partial charge in [0, 0.05) is 6.42 Å². The van der Waals surface area contributed by atoms with Gasteiger partial charge < -0.3 is 19.8 Å². The highest BCUT2D eigenvalue weighted by molar-refractivity contribution is 7.47. The zero-order valence-electron chi connectivity index (χ0n) is 49.6. The van der Waals surface area contributed by atoms with Gasteiger partial charge in [0.05, 0.1) is 39.9 Å². The lowest BCUT2D eigenvalue weighted by Gasteiger charge is -2.25. The number of amides is 1. The van der Waals surface area contributed by atoms with Crippen molar-refractivity contribution in [3.63, 3.8) is 0 Å². The standard InChI is InChI=1S/C65H123N2O6P/c1-6-8-10-12-14-16-18-20-22-24-26-28-30-31-32-33-34-35-37-38-40-42-44-46-48-50-52-54-56-58-64(68)63(62-73-74(70,71)72-61-60-67(3,4)5)66-65(69)59-57-55-53-51-49-47-45-43-41-39-36-29-27-25-23-21-19-17-15-13-11-9-7-2/h19,21,25,27,36,39,48,50,56,58,63-64,68H,6-18,20,22-24,26,28-35,37-38,40-47,49,51-55,57,59-62H2,1-5H3,(H-,66,69,70,71)/p+1/b21-19-,27-25-,39-36-,50-48+,58-56+. The maximum atomic E-state index is 13.0. The molecule has 3 atom stereocenters. The van der Waals surface area contributed by atoms with Crippen molar-refractivity contribution in [3.05, 3.63) is 60.8 Å². The second-order valence-corrected chi connectivity index (χ2v) is 24.2. The number of quaternary nitrogens is 1. The summed E-state index contributed by atoms with van der Waals surface area (Å²) in [5.74, 6) is -0.192. The largest absolute Gasteiger partial charge is 0.472 e. The molecule has 0 aliphatic heterocycles. The summed E-state index contributed by atoms with van der Waals surface area (Å²) in [5, 5.41) is 13.9. The highest BCUT2D eigenvalue weighted by Gasteiger charge is 2.27. The number of nitrogens with zero attached hydrogens (tertiary/aromatic N) is 1. The number of carbonyl (C=O) groups excluding carboxylic acids is 1. The molecular weight excluding hydrogens is 936 g/mol. The molecule has 0 aromatic heterocycles. The highest BCUT2D eigenvalue weighted by Crippen LogP contribution is 2.43. The van der Waals surface area contributed by atoms with Crippen LogP contribution in [-0.4, -0.2) is 73.4 Å². The molecule has 0 saturated heterocycles. The molecule has 0 heterocycles. The molecule has 0 rings (SSSR count). The van der Waals surface area contributed by atoms with Crippen LogP contribution in [0.1, 0.15) is 296 Å². The third-order valence-electron chi connectivity index (χ3n) is 14.2. The van der Waals surface area contributed by atoms with Crippen LogP contribution in [0, 0.1) is 0 Å². The van der Waals surface area contributed by atoms with E-state index in [1.165, 1.54) is 218 Å². The number of rotatable bonds is 58. The first-order chi connectivity index (χ1) is 36.0. The van der Waals surface area contributed by atoms with Gasteiger partial charge in [-0.3, -0.25) is 13.8 Å². The molecule has 8 nitrogen and oxygen atoms in total. The molecule has 9 heteroatoms. The summed E-state index contributed by atoms with van der Waals surface area (Å²) in [6.45, 7) is 4.81. The van der Waals surface area contributed by atoms with Crippen molar-refractivity contribution >= 4 is 13.7 Å². The number of nitrogens with one attached hydrogen (secondary N) is 1. The number of aliphatic hydroxyl groups is 1. The Labute approximate surface area is 460 Å². The maximum Gasteiger partial charge on any atom is 0.472 e. The van der Waals surface area contributed by atoms with E-state index in [1.807, 2.05) is 27.2 Å². The number of phosphoric ester groups is 1. The average molecular weight is 1060 g/mol. The third kappa shape index (κ3) is 57.9. The lowest BCUT2D eigenvalue weighted by molar-refractivity contribution is -0.870. The number of unbranched alkanes of at least 4 members (excludes halogenated alkanes) is 37. The lowest BCUT2D eigenvalue weighted by Crippen LogP contribution is -2.45. The number of hydrogen-bond acceptors (Lipinski definition) is 5. The van der Waals surface area contributed by atoms with Crippen molar-refractivity contribution in [2.75, 3.05) is 40.9 Å². The Morgan fingerprint density at radius 3 is 1.18 bits per heavy atom. The van der Waals surface area contributed by atoms with Crippen molar-refractivity contribution in [1.29, 1.82) is 0 Å². The second-order valence-electron chi connectivity index (χ2n) is 22.8. The second kappa shape index (κ2) is 55.9. The van der Waals surface area contributed by atoms with Crippen LogP contribution < -0.4 is 5.32 Å². The summed E-state index contributed by atoms with van der Waals surface area (Å²) in [7, 11) is 1.55. The van der Waals surface area contributed by atoms with Gasteiger partial charge in [-0.25, -0.2) is 4.57 Å². The Morgan fingerprint density at radius 2 is 0.784 bits per heavy atom. The lowest BCUT2D eigenvalue weighted by atomic mass is 10.0. The molecule has 0 radical (unpaired) electrons. The van der Waals surface area contributed by atoms with Crippen molar-refractivity contribution in [2.45, 2.75) is 309 Å². The topological polar surface area (TPSA) is 105 Å². The van der Waals surface area contributed by atoms with Crippen molar-refractivity contribution < 1.29 is 32.9 Å². The van der Waals surface area contributed by atoms with Crippen LogP contribution >= 0.6 is 7.82 Å². The average Bonchev–Trinajstić information content (AvgIpc) is 3.36. The monoisotopic (exact) mass is 1060 g/mol. The highest BCUT2D eigenvalue weighted by atomic mass is 31.2. The Bertz CT molecular complexity index is 1390. The van der Waals surface area contributed by atoms with Crippen LogP contribution in [0.3, 0.4) is 0 Å². The van der Waals surface area contributed by atoms with Crippen molar-refractivity contribution in [2.24, 2.45) is 0 Å². The summed E-state index contributed by atoms with van der Waals surface area (Å²) in [4.78, 5) is 23.3. The quantitative estimate of drug-likeness (QED) is 0.0243. The Kier molecular flexibility index (Phi) is 54.6. The molecule has 0 spiro atoms. The van der Waals surface area contributed by atoms with Crippen molar-refractivity contribution in [1.82, 2.24) is 5.32 Å². The Morgan fingerprint density at radius 1 is 0.459 bits per heavy atom. The summed E-state index contributed by atoms with van der Waals surface area (Å²) in [5.41, 5.74) is 0. The first kappa shape index (κ1) is 72.2. The molecule has 0 aromatic rings. The first-order valence-electron chi connectivity index (χ1n) is 31.7. The summed E-state index contributed by atoms with van der Waals surface area (Å²) in [6.07, 6.45) is 76.3. The minimum Gasteiger partial charge on any atom is -0.387 e. The molecule has 0 aliphatic carbocycles. The zero-order chi connectivity index (χ0) is 54.2. The number of carbonyl (C=O) groups is 1. The van der Waals surface area contributed by atoms with E-state index < -0.39 is 20.0 Å². The normalized spacial score (nSPS) is 14.2. The van der Waals surface area contributed by atoms with E-state index in [2.05, 4.69) is 67.8 Å². The van der Waals surface area contributed by atoms with Gasteiger partial charge in [-0.05, 0) is 70.6 Å². The zero-order valence-corrected chi connectivity index (χ0v) is 50.5. The van der Waals surface area contributed by atoms with Crippen LogP contribution in [-0.2, 0) is 18.4 Å². The molecule has 3 N–H and O–H groups in total. The molecule has 0 aliphatic rings. The molecule has 0 aromatic carbocycles. The maximum absolute atomic E-state index is 13.0. The van der Waals surface area contributed by atoms with E-state index in [0.717, 1.165) is 57.8 Å². The molecule has 434 valence electrons. The molecule has 0 fully saturated rings. The number of likely N-dealkylation sites (N-methyl/N-ethyl adjacent to an activating group) is 1. The molecule has 0 bridgehead atoms. The van der Waals surface area contributed by atoms with Gasteiger partial charge in [-0.1, -0.05) is 280 Å². The smallest absolute Gasteiger partial charge is 0.387 e. The minimum atomic E-state index is -4.36. The molecular formula is C65H124N2O6P+. The van der Waals surface area contributed by atoms with E-state index in [-0.39, 0.29) is 19.1 Å². The van der Waals surface area contributed by atoms with Gasteiger partial charge in [-0.2, -0.15) is 0 Å². The SMILES string of the molecule is CCCCCCC/C=C\C/C=C\C/C=C\CCCCCCCCCCC(=O)NC(COP(=O)(O)OCC[N+](C)(C)C)C(O)/C=C/CC/C=C/CCCCCCCCCCCCCCCCCCCCCCCCC. The van der Waals surface area contributed by atoms with E-state index in [9.17, 15) is 19.4 Å². The summed E-state index contributed by atoms with van der Waals surface area (Å²) >= 11 is 0. The molecule has 74 heavy (non-hydrogen) atoms. The predicted molar refractivity (Wildman–Crippen MR) is 323 cm³/mol. The van der Waals surface area contributed by atoms with Gasteiger partial charge in [0.1, 0.15) is 13.2 Å². The van der Waals surface area contributed by atoms with Crippen LogP contribution in [0.4, 0.5) is 0 Å². The fourth-order valence-electron chi connectivity index (χ4n) is 9.24. The Balaban J connectivity index is 4.20. The number of hydrogen-bond donors (Lipinski definition) is 3. The molecule has 1 amide bonds. The third-order valence-corrected chi connectivity index (χ3v) is 15.2. The van der Waals surface area contributed by atoms with Gasteiger partial charge in [-0.15, -0.1) is 0 Å². The first-order valence-corrected chi connectivity index (χ1v) is 33.2. The van der Waals surface area contributed by atoms with Crippen LogP contribution in [0.5, 0.6) is 0 Å². The summed E-state index contributed by atoms with van der Waals surface area (Å²) in [6, 6.07) is -0.871. The number of phosphoric acid groups is 1. The van der Waals surface area contributed by atoms with E-state index >= 15 is 0 Å². The fourth-order valence-corrected chi connectivity index (χ4v) is 9.98. The van der Waals surface area contributed by atoms with Gasteiger partial charge in [0.15, 0.2) is 0 Å². The van der Waals surface area contributed by atoms with E-state index in [4.69, 9.17) is 9.05 Å². The summed E-state index contributed by atoms with van der Waals surface area (Å²) < 4.78 is 23.7.